The van der Waals surface area contributed by atoms with Crippen LogP contribution in [0.2, 0.25) is 0 Å². The van der Waals surface area contributed by atoms with Gasteiger partial charge in [0.15, 0.2) is 0 Å². The van der Waals surface area contributed by atoms with E-state index in [0.29, 0.717) is 5.92 Å². The lowest BCUT2D eigenvalue weighted by Crippen LogP contribution is -2.40. The van der Waals surface area contributed by atoms with Gasteiger partial charge in [0, 0.05) is 6.04 Å². The monoisotopic (exact) mass is 179 g/mol. The number of terminal acetylenes is 1. The van der Waals surface area contributed by atoms with Crippen molar-refractivity contribution in [3.05, 3.63) is 0 Å². The molecule has 2 nitrogen and oxygen atoms in total. The van der Waals surface area contributed by atoms with Gasteiger partial charge in [0.05, 0.1) is 0 Å². The minimum atomic E-state index is -0.455. The van der Waals surface area contributed by atoms with Crippen LogP contribution in [0.25, 0.3) is 0 Å². The van der Waals surface area contributed by atoms with E-state index in [2.05, 4.69) is 25.1 Å². The van der Waals surface area contributed by atoms with Gasteiger partial charge in [0.1, 0.15) is 5.41 Å². The molecular weight excluding hydrogens is 162 g/mol. The van der Waals surface area contributed by atoms with E-state index in [9.17, 15) is 4.79 Å². The molecule has 13 heavy (non-hydrogen) atoms. The SMILES string of the molecule is C#CC1(C(=O)N[C@H](C)C(C)C)CC1. The maximum absolute atomic E-state index is 11.6. The van der Waals surface area contributed by atoms with E-state index in [0.717, 1.165) is 12.8 Å². The predicted molar refractivity (Wildman–Crippen MR) is 52.9 cm³/mol. The maximum Gasteiger partial charge on any atom is 0.238 e. The molecule has 1 fully saturated rings. The van der Waals surface area contributed by atoms with Crippen molar-refractivity contribution in [2.24, 2.45) is 11.3 Å². The van der Waals surface area contributed by atoms with Crippen LogP contribution in [0.1, 0.15) is 33.6 Å². The van der Waals surface area contributed by atoms with E-state index < -0.39 is 5.41 Å². The van der Waals surface area contributed by atoms with Crippen molar-refractivity contribution in [2.45, 2.75) is 39.7 Å². The molecule has 0 spiro atoms. The van der Waals surface area contributed by atoms with Gasteiger partial charge in [-0.05, 0) is 25.7 Å². The molecule has 2 heteroatoms. The summed E-state index contributed by atoms with van der Waals surface area (Å²) in [5, 5.41) is 2.95. The third kappa shape index (κ3) is 2.03. The van der Waals surface area contributed by atoms with Gasteiger partial charge in [0.25, 0.3) is 0 Å². The number of hydrogen-bond acceptors (Lipinski definition) is 1. The highest BCUT2D eigenvalue weighted by atomic mass is 16.2. The third-order valence-electron chi connectivity index (χ3n) is 2.82. The molecule has 0 saturated heterocycles. The van der Waals surface area contributed by atoms with Gasteiger partial charge < -0.3 is 5.32 Å². The van der Waals surface area contributed by atoms with Crippen molar-refractivity contribution in [1.29, 1.82) is 0 Å². The number of carbonyl (C=O) groups is 1. The Morgan fingerprint density at radius 1 is 1.46 bits per heavy atom. The Morgan fingerprint density at radius 3 is 2.31 bits per heavy atom. The average molecular weight is 179 g/mol. The van der Waals surface area contributed by atoms with Gasteiger partial charge in [-0.2, -0.15) is 0 Å². The van der Waals surface area contributed by atoms with Gasteiger partial charge in [-0.1, -0.05) is 19.8 Å². The average Bonchev–Trinajstić information content (AvgIpc) is 2.84. The highest BCUT2D eigenvalue weighted by molar-refractivity contribution is 5.88. The van der Waals surface area contributed by atoms with Crippen molar-refractivity contribution in [2.75, 3.05) is 0 Å². The van der Waals surface area contributed by atoms with Gasteiger partial charge in [0.2, 0.25) is 5.91 Å². The van der Waals surface area contributed by atoms with Crippen LogP contribution in [0.15, 0.2) is 0 Å². The molecule has 1 rings (SSSR count). The number of amides is 1. The Labute approximate surface area is 80.1 Å². The van der Waals surface area contributed by atoms with E-state index in [1.807, 2.05) is 6.92 Å². The Balaban J connectivity index is 2.48. The second-order valence-corrected chi connectivity index (χ2v) is 4.23. The van der Waals surface area contributed by atoms with Crippen molar-refractivity contribution < 1.29 is 4.79 Å². The minimum absolute atomic E-state index is 0.0381. The summed E-state index contributed by atoms with van der Waals surface area (Å²) in [6, 6.07) is 0.207. The minimum Gasteiger partial charge on any atom is -0.352 e. The van der Waals surface area contributed by atoms with Crippen molar-refractivity contribution in [3.8, 4) is 12.3 Å². The smallest absolute Gasteiger partial charge is 0.238 e. The van der Waals surface area contributed by atoms with Crippen LogP contribution < -0.4 is 5.32 Å². The third-order valence-corrected chi connectivity index (χ3v) is 2.82. The number of hydrogen-bond donors (Lipinski definition) is 1. The molecule has 0 heterocycles. The quantitative estimate of drug-likeness (QED) is 0.654. The highest BCUT2D eigenvalue weighted by Crippen LogP contribution is 2.45. The van der Waals surface area contributed by atoms with Gasteiger partial charge >= 0.3 is 0 Å². The predicted octanol–water partition coefficient (Wildman–Crippen LogP) is 1.56. The zero-order valence-corrected chi connectivity index (χ0v) is 8.55. The van der Waals surface area contributed by atoms with Crippen LogP contribution >= 0.6 is 0 Å². The van der Waals surface area contributed by atoms with Gasteiger partial charge in [-0.3, -0.25) is 4.79 Å². The Hall–Kier alpha value is -0.970. The highest BCUT2D eigenvalue weighted by Gasteiger charge is 2.48. The molecule has 1 aliphatic rings. The first kappa shape index (κ1) is 10.1. The van der Waals surface area contributed by atoms with Crippen LogP contribution in [-0.2, 0) is 4.79 Å². The van der Waals surface area contributed by atoms with E-state index in [-0.39, 0.29) is 11.9 Å². The van der Waals surface area contributed by atoms with Crippen LogP contribution in [0.4, 0.5) is 0 Å². The Kier molecular flexibility index (Phi) is 2.66. The molecule has 1 atom stereocenters. The van der Waals surface area contributed by atoms with Crippen molar-refractivity contribution in [3.63, 3.8) is 0 Å². The van der Waals surface area contributed by atoms with Crippen molar-refractivity contribution >= 4 is 5.91 Å². The van der Waals surface area contributed by atoms with Crippen LogP contribution in [0.5, 0.6) is 0 Å². The molecule has 0 aliphatic heterocycles. The molecule has 1 aliphatic carbocycles. The molecule has 0 aromatic heterocycles. The summed E-state index contributed by atoms with van der Waals surface area (Å²) in [5.41, 5.74) is -0.455. The summed E-state index contributed by atoms with van der Waals surface area (Å²) < 4.78 is 0. The first-order valence-corrected chi connectivity index (χ1v) is 4.80. The lowest BCUT2D eigenvalue weighted by atomic mass is 10.0. The van der Waals surface area contributed by atoms with Crippen LogP contribution in [-0.4, -0.2) is 11.9 Å². The zero-order chi connectivity index (χ0) is 10.1. The fourth-order valence-corrected chi connectivity index (χ4v) is 1.07. The molecule has 0 aromatic carbocycles. The van der Waals surface area contributed by atoms with E-state index in [1.165, 1.54) is 0 Å². The second-order valence-electron chi connectivity index (χ2n) is 4.23. The zero-order valence-electron chi connectivity index (χ0n) is 8.55. The number of carbonyl (C=O) groups excluding carboxylic acids is 1. The first-order chi connectivity index (χ1) is 6.02. The largest absolute Gasteiger partial charge is 0.352 e. The van der Waals surface area contributed by atoms with Gasteiger partial charge in [-0.15, -0.1) is 6.42 Å². The fourth-order valence-electron chi connectivity index (χ4n) is 1.07. The molecule has 0 bridgehead atoms. The van der Waals surface area contributed by atoms with Crippen LogP contribution in [0, 0.1) is 23.7 Å². The second kappa shape index (κ2) is 3.41. The Bertz CT molecular complexity index is 245. The number of rotatable bonds is 3. The summed E-state index contributed by atoms with van der Waals surface area (Å²) >= 11 is 0. The Morgan fingerprint density at radius 2 is 2.00 bits per heavy atom. The summed E-state index contributed by atoms with van der Waals surface area (Å²) in [5.74, 6) is 3.08. The van der Waals surface area contributed by atoms with Crippen molar-refractivity contribution in [1.82, 2.24) is 5.32 Å². The molecule has 0 radical (unpaired) electrons. The maximum atomic E-state index is 11.6. The molecule has 1 saturated carbocycles. The number of nitrogens with one attached hydrogen (secondary N) is 1. The molecule has 72 valence electrons. The summed E-state index contributed by atoms with van der Waals surface area (Å²) in [7, 11) is 0. The standard InChI is InChI=1S/C11H17NO/c1-5-11(6-7-11)10(13)12-9(4)8(2)3/h1,8-9H,6-7H2,2-4H3,(H,12,13)/t9-/m1/s1. The van der Waals surface area contributed by atoms with E-state index in [1.54, 1.807) is 0 Å². The fraction of sp³-hybridized carbons (Fsp3) is 0.727. The molecule has 0 unspecified atom stereocenters. The van der Waals surface area contributed by atoms with Gasteiger partial charge in [-0.25, -0.2) is 0 Å². The molecule has 1 N–H and O–H groups in total. The topological polar surface area (TPSA) is 29.1 Å². The molecule has 1 amide bonds. The normalized spacial score (nSPS) is 20.5. The van der Waals surface area contributed by atoms with E-state index >= 15 is 0 Å². The summed E-state index contributed by atoms with van der Waals surface area (Å²) in [6.45, 7) is 6.18. The molecular formula is C11H17NO. The lowest BCUT2D eigenvalue weighted by Gasteiger charge is -2.19. The molecule has 0 aromatic rings. The lowest BCUT2D eigenvalue weighted by molar-refractivity contribution is -0.125. The van der Waals surface area contributed by atoms with Crippen LogP contribution in [0.3, 0.4) is 0 Å². The van der Waals surface area contributed by atoms with E-state index in [4.69, 9.17) is 6.42 Å². The summed E-state index contributed by atoms with van der Waals surface area (Å²) in [4.78, 5) is 11.6. The first-order valence-electron chi connectivity index (χ1n) is 4.80. The summed E-state index contributed by atoms with van der Waals surface area (Å²) in [6.07, 6.45) is 7.01.